The molecule has 5 rings (SSSR count). The summed E-state index contributed by atoms with van der Waals surface area (Å²) in [6.45, 7) is 4.32. The number of amides is 1. The van der Waals surface area contributed by atoms with Crippen LogP contribution in [-0.2, 0) is 17.8 Å². The molecule has 0 fully saturated rings. The van der Waals surface area contributed by atoms with Gasteiger partial charge in [0.25, 0.3) is 5.56 Å². The second-order valence-electron chi connectivity index (χ2n) is 8.14. The van der Waals surface area contributed by atoms with E-state index in [1.54, 1.807) is 35.1 Å². The number of anilines is 1. The van der Waals surface area contributed by atoms with Crippen molar-refractivity contribution in [1.29, 1.82) is 0 Å². The van der Waals surface area contributed by atoms with E-state index in [2.05, 4.69) is 12.2 Å². The first-order chi connectivity index (χ1) is 17.1. The van der Waals surface area contributed by atoms with Crippen LogP contribution in [0.3, 0.4) is 0 Å². The Morgan fingerprint density at radius 3 is 2.60 bits per heavy atom. The van der Waals surface area contributed by atoms with Crippen molar-refractivity contribution in [3.63, 3.8) is 0 Å². The van der Waals surface area contributed by atoms with Crippen LogP contribution in [0.2, 0.25) is 0 Å². The van der Waals surface area contributed by atoms with Crippen molar-refractivity contribution >= 4 is 34.3 Å². The van der Waals surface area contributed by atoms with E-state index >= 15 is 0 Å². The predicted molar refractivity (Wildman–Crippen MR) is 134 cm³/mol. The monoisotopic (exact) mass is 491 g/mol. The van der Waals surface area contributed by atoms with Gasteiger partial charge >= 0.3 is 0 Å². The number of carbonyl (C=O) groups is 1. The molecule has 1 amide bonds. The van der Waals surface area contributed by atoms with Crippen LogP contribution in [0.5, 0.6) is 11.5 Å². The highest BCUT2D eigenvalue weighted by molar-refractivity contribution is 8.00. The number of rotatable bonds is 8. The lowest BCUT2D eigenvalue weighted by atomic mass is 10.1. The molecule has 0 radical (unpaired) electrons. The van der Waals surface area contributed by atoms with Gasteiger partial charge in [0.2, 0.25) is 12.7 Å². The summed E-state index contributed by atoms with van der Waals surface area (Å²) in [4.78, 5) is 31.4. The third-order valence-corrected chi connectivity index (χ3v) is 7.20. The van der Waals surface area contributed by atoms with Gasteiger partial charge in [-0.3, -0.25) is 14.2 Å². The van der Waals surface area contributed by atoms with Gasteiger partial charge in [0.05, 0.1) is 29.0 Å². The first-order valence-electron chi connectivity index (χ1n) is 11.5. The third-order valence-electron chi connectivity index (χ3n) is 5.85. The van der Waals surface area contributed by atoms with Gasteiger partial charge in [-0.15, -0.1) is 0 Å². The van der Waals surface area contributed by atoms with Gasteiger partial charge < -0.3 is 19.2 Å². The predicted octanol–water partition coefficient (Wildman–Crippen LogP) is 4.84. The quantitative estimate of drug-likeness (QED) is 0.278. The Bertz CT molecular complexity index is 1410. The van der Waals surface area contributed by atoms with E-state index in [1.807, 2.05) is 31.2 Å². The number of fused-ring (bicyclic) bond motifs is 2. The fourth-order valence-electron chi connectivity index (χ4n) is 3.87. The molecule has 1 atom stereocenters. The summed E-state index contributed by atoms with van der Waals surface area (Å²) in [6, 6.07) is 14.7. The molecule has 180 valence electrons. The zero-order valence-corrected chi connectivity index (χ0v) is 20.3. The fourth-order valence-corrected chi connectivity index (χ4v) is 4.89. The van der Waals surface area contributed by atoms with E-state index in [0.717, 1.165) is 12.1 Å². The van der Waals surface area contributed by atoms with Crippen molar-refractivity contribution in [2.75, 3.05) is 12.1 Å². The molecule has 35 heavy (non-hydrogen) atoms. The average molecular weight is 492 g/mol. The topological polar surface area (TPSA) is 95.6 Å². The molecule has 0 saturated heterocycles. The van der Waals surface area contributed by atoms with Crippen LogP contribution in [0.25, 0.3) is 10.9 Å². The van der Waals surface area contributed by atoms with Gasteiger partial charge in [0.15, 0.2) is 16.7 Å². The van der Waals surface area contributed by atoms with Crippen LogP contribution in [0.1, 0.15) is 31.6 Å². The van der Waals surface area contributed by atoms with E-state index < -0.39 is 5.25 Å². The number of aromatic nitrogens is 2. The van der Waals surface area contributed by atoms with Crippen molar-refractivity contribution in [3.05, 3.63) is 76.5 Å². The number of thioether (sulfide) groups is 1. The van der Waals surface area contributed by atoms with Crippen LogP contribution in [0.15, 0.2) is 69.2 Å². The van der Waals surface area contributed by atoms with Gasteiger partial charge in [0, 0.05) is 11.8 Å². The Kier molecular flexibility index (Phi) is 6.50. The van der Waals surface area contributed by atoms with Crippen LogP contribution in [0.4, 0.5) is 5.69 Å². The molecule has 9 heteroatoms. The number of aryl methyl sites for hydroxylation is 1. The average Bonchev–Trinajstić information content (AvgIpc) is 3.55. The van der Waals surface area contributed by atoms with Crippen molar-refractivity contribution in [2.24, 2.45) is 0 Å². The lowest BCUT2D eigenvalue weighted by Gasteiger charge is -2.18. The molecule has 0 aliphatic carbocycles. The summed E-state index contributed by atoms with van der Waals surface area (Å²) >= 11 is 1.26. The van der Waals surface area contributed by atoms with E-state index in [-0.39, 0.29) is 24.8 Å². The van der Waals surface area contributed by atoms with Crippen molar-refractivity contribution < 1.29 is 18.7 Å². The standard InChI is InChI=1S/C26H25N3O5S/c1-3-16-7-9-17(10-8-16)27-24(30)23(4-2)35-26-28-20-13-22-21(33-15-34-22)12-19(20)25(31)29(26)14-18-6-5-11-32-18/h5-13,23H,3-4,14-15H2,1-2H3,(H,27,30)/t23-/m1/s1. The molecule has 0 unspecified atom stereocenters. The summed E-state index contributed by atoms with van der Waals surface area (Å²) in [6.07, 6.45) is 3.05. The minimum Gasteiger partial charge on any atom is -0.467 e. The molecule has 2 aromatic heterocycles. The summed E-state index contributed by atoms with van der Waals surface area (Å²) in [5.41, 5.74) is 2.19. The van der Waals surface area contributed by atoms with E-state index in [9.17, 15) is 9.59 Å². The summed E-state index contributed by atoms with van der Waals surface area (Å²) in [5, 5.41) is 3.38. The van der Waals surface area contributed by atoms with Crippen molar-refractivity contribution in [1.82, 2.24) is 9.55 Å². The van der Waals surface area contributed by atoms with Gasteiger partial charge in [-0.1, -0.05) is 37.7 Å². The maximum Gasteiger partial charge on any atom is 0.262 e. The Hall–Kier alpha value is -3.72. The largest absolute Gasteiger partial charge is 0.467 e. The Morgan fingerprint density at radius 2 is 1.91 bits per heavy atom. The molecular weight excluding hydrogens is 466 g/mol. The Labute approximate surface area is 206 Å². The van der Waals surface area contributed by atoms with Crippen molar-refractivity contribution in [2.45, 2.75) is 43.6 Å². The number of furan rings is 1. The number of carbonyl (C=O) groups excluding carboxylic acids is 1. The fraction of sp³-hybridized carbons (Fsp3) is 0.269. The number of benzene rings is 2. The molecule has 1 aliphatic rings. The second-order valence-corrected chi connectivity index (χ2v) is 9.31. The van der Waals surface area contributed by atoms with Crippen molar-refractivity contribution in [3.8, 4) is 11.5 Å². The lowest BCUT2D eigenvalue weighted by Crippen LogP contribution is -2.28. The SMILES string of the molecule is CCc1ccc(NC(=O)[C@@H](CC)Sc2nc3cc4c(cc3c(=O)n2Cc2ccco2)OCO4)cc1. The summed E-state index contributed by atoms with van der Waals surface area (Å²) < 4.78 is 17.9. The van der Waals surface area contributed by atoms with Crippen LogP contribution < -0.4 is 20.3 Å². The molecule has 0 saturated carbocycles. The first kappa shape index (κ1) is 23.0. The Balaban J connectivity index is 1.49. The molecule has 1 N–H and O–H groups in total. The summed E-state index contributed by atoms with van der Waals surface area (Å²) in [7, 11) is 0. The molecular formula is C26H25N3O5S. The molecule has 2 aromatic carbocycles. The highest BCUT2D eigenvalue weighted by Crippen LogP contribution is 2.35. The minimum absolute atomic E-state index is 0.102. The number of hydrogen-bond acceptors (Lipinski definition) is 7. The molecule has 1 aliphatic heterocycles. The highest BCUT2D eigenvalue weighted by atomic mass is 32.2. The minimum atomic E-state index is -0.456. The maximum absolute atomic E-state index is 13.5. The smallest absolute Gasteiger partial charge is 0.262 e. The van der Waals surface area contributed by atoms with E-state index in [4.69, 9.17) is 18.9 Å². The first-order valence-corrected chi connectivity index (χ1v) is 12.4. The number of nitrogens with zero attached hydrogens (tertiary/aromatic N) is 2. The van der Waals surface area contributed by atoms with E-state index in [1.165, 1.54) is 17.3 Å². The Morgan fingerprint density at radius 1 is 1.14 bits per heavy atom. The molecule has 8 nitrogen and oxygen atoms in total. The zero-order chi connectivity index (χ0) is 24.4. The zero-order valence-electron chi connectivity index (χ0n) is 19.4. The molecule has 0 bridgehead atoms. The van der Waals surface area contributed by atoms with Crippen LogP contribution >= 0.6 is 11.8 Å². The molecule has 0 spiro atoms. The number of ether oxygens (including phenoxy) is 2. The van der Waals surface area contributed by atoms with Crippen LogP contribution in [0, 0.1) is 0 Å². The van der Waals surface area contributed by atoms with Gasteiger partial charge in [-0.25, -0.2) is 4.98 Å². The van der Waals surface area contributed by atoms with Crippen LogP contribution in [-0.4, -0.2) is 27.5 Å². The molecule has 4 aromatic rings. The number of nitrogens with one attached hydrogen (secondary N) is 1. The molecule has 3 heterocycles. The normalized spacial score (nSPS) is 13.2. The summed E-state index contributed by atoms with van der Waals surface area (Å²) in [5.74, 6) is 1.53. The number of hydrogen-bond donors (Lipinski definition) is 1. The van der Waals surface area contributed by atoms with E-state index in [0.29, 0.717) is 39.7 Å². The highest BCUT2D eigenvalue weighted by Gasteiger charge is 2.24. The van der Waals surface area contributed by atoms with Gasteiger partial charge in [-0.05, 0) is 48.7 Å². The lowest BCUT2D eigenvalue weighted by molar-refractivity contribution is -0.115. The van der Waals surface area contributed by atoms with Gasteiger partial charge in [-0.2, -0.15) is 0 Å². The maximum atomic E-state index is 13.5. The second kappa shape index (κ2) is 9.87. The third kappa shape index (κ3) is 4.77. The van der Waals surface area contributed by atoms with Gasteiger partial charge in [0.1, 0.15) is 5.76 Å².